The minimum atomic E-state index is 0.686. The second-order valence-corrected chi connectivity index (χ2v) is 3.21. The number of para-hydroxylation sites is 1. The van der Waals surface area contributed by atoms with Gasteiger partial charge < -0.3 is 5.32 Å². The van der Waals surface area contributed by atoms with Gasteiger partial charge >= 0.3 is 0 Å². The SMILES string of the molecule is CCNc1c(Br)cccc1C=O. The molecule has 0 amide bonds. The molecule has 0 aromatic heterocycles. The number of nitrogens with one attached hydrogen (secondary N) is 1. The van der Waals surface area contributed by atoms with E-state index in [1.807, 2.05) is 19.1 Å². The molecule has 12 heavy (non-hydrogen) atoms. The lowest BCUT2D eigenvalue weighted by atomic mass is 10.2. The predicted molar refractivity (Wildman–Crippen MR) is 53.7 cm³/mol. The Morgan fingerprint density at radius 3 is 2.92 bits per heavy atom. The normalized spacial score (nSPS) is 9.50. The van der Waals surface area contributed by atoms with Crippen LogP contribution < -0.4 is 5.32 Å². The second kappa shape index (κ2) is 4.26. The molecule has 0 heterocycles. The quantitative estimate of drug-likeness (QED) is 0.806. The van der Waals surface area contributed by atoms with Crippen LogP contribution in [0.4, 0.5) is 5.69 Å². The topological polar surface area (TPSA) is 29.1 Å². The Hall–Kier alpha value is -0.830. The average Bonchev–Trinajstić information content (AvgIpc) is 2.09. The van der Waals surface area contributed by atoms with Crippen molar-refractivity contribution < 1.29 is 4.79 Å². The summed E-state index contributed by atoms with van der Waals surface area (Å²) in [5, 5.41) is 3.12. The maximum atomic E-state index is 10.6. The molecule has 0 fully saturated rings. The van der Waals surface area contributed by atoms with Crippen LogP contribution in [0.1, 0.15) is 17.3 Å². The number of benzene rings is 1. The molecule has 2 nitrogen and oxygen atoms in total. The van der Waals surface area contributed by atoms with Crippen LogP contribution in [-0.4, -0.2) is 12.8 Å². The van der Waals surface area contributed by atoms with Crippen molar-refractivity contribution in [2.75, 3.05) is 11.9 Å². The number of rotatable bonds is 3. The van der Waals surface area contributed by atoms with Gasteiger partial charge in [-0.3, -0.25) is 4.79 Å². The molecular formula is C9H10BrNO. The molecule has 64 valence electrons. The summed E-state index contributed by atoms with van der Waals surface area (Å²) < 4.78 is 0.925. The number of carbonyl (C=O) groups is 1. The van der Waals surface area contributed by atoms with Crippen molar-refractivity contribution in [1.82, 2.24) is 0 Å². The molecule has 1 N–H and O–H groups in total. The van der Waals surface area contributed by atoms with E-state index in [1.54, 1.807) is 6.07 Å². The second-order valence-electron chi connectivity index (χ2n) is 2.35. The smallest absolute Gasteiger partial charge is 0.152 e. The lowest BCUT2D eigenvalue weighted by Crippen LogP contribution is -2.00. The largest absolute Gasteiger partial charge is 0.384 e. The maximum Gasteiger partial charge on any atom is 0.152 e. The highest BCUT2D eigenvalue weighted by Gasteiger charge is 2.02. The van der Waals surface area contributed by atoms with Gasteiger partial charge in [0, 0.05) is 16.6 Å². The summed E-state index contributed by atoms with van der Waals surface area (Å²) in [7, 11) is 0. The van der Waals surface area contributed by atoms with Gasteiger partial charge in [-0.25, -0.2) is 0 Å². The van der Waals surface area contributed by atoms with Crippen molar-refractivity contribution in [1.29, 1.82) is 0 Å². The van der Waals surface area contributed by atoms with E-state index >= 15 is 0 Å². The van der Waals surface area contributed by atoms with Crippen LogP contribution in [0.2, 0.25) is 0 Å². The minimum Gasteiger partial charge on any atom is -0.384 e. The van der Waals surface area contributed by atoms with Crippen molar-refractivity contribution in [3.05, 3.63) is 28.2 Å². The molecular weight excluding hydrogens is 218 g/mol. The van der Waals surface area contributed by atoms with Crippen LogP contribution in [0.25, 0.3) is 0 Å². The highest BCUT2D eigenvalue weighted by Crippen LogP contribution is 2.24. The van der Waals surface area contributed by atoms with E-state index in [4.69, 9.17) is 0 Å². The van der Waals surface area contributed by atoms with Crippen molar-refractivity contribution >= 4 is 27.9 Å². The molecule has 1 aromatic rings. The first-order chi connectivity index (χ1) is 5.79. The molecule has 1 aromatic carbocycles. The van der Waals surface area contributed by atoms with Crippen LogP contribution >= 0.6 is 15.9 Å². The summed E-state index contributed by atoms with van der Waals surface area (Å²) in [5.41, 5.74) is 1.56. The van der Waals surface area contributed by atoms with Crippen molar-refractivity contribution in [3.63, 3.8) is 0 Å². The minimum absolute atomic E-state index is 0.686. The molecule has 0 spiro atoms. The first-order valence-corrected chi connectivity index (χ1v) is 4.56. The number of carbonyl (C=O) groups excluding carboxylic acids is 1. The third-order valence-electron chi connectivity index (χ3n) is 1.53. The third kappa shape index (κ3) is 1.85. The van der Waals surface area contributed by atoms with Gasteiger partial charge in [0.2, 0.25) is 0 Å². The van der Waals surface area contributed by atoms with Crippen molar-refractivity contribution in [2.45, 2.75) is 6.92 Å². The highest BCUT2D eigenvalue weighted by molar-refractivity contribution is 9.10. The van der Waals surface area contributed by atoms with Crippen molar-refractivity contribution in [2.24, 2.45) is 0 Å². The van der Waals surface area contributed by atoms with E-state index in [1.165, 1.54) is 0 Å². The lowest BCUT2D eigenvalue weighted by Gasteiger charge is -2.07. The van der Waals surface area contributed by atoms with Gasteiger partial charge in [0.25, 0.3) is 0 Å². The average molecular weight is 228 g/mol. The van der Waals surface area contributed by atoms with Gasteiger partial charge in [0.1, 0.15) is 0 Å². The van der Waals surface area contributed by atoms with Crippen LogP contribution in [0, 0.1) is 0 Å². The van der Waals surface area contributed by atoms with Gasteiger partial charge in [-0.1, -0.05) is 6.07 Å². The summed E-state index contributed by atoms with van der Waals surface area (Å²) in [4.78, 5) is 10.6. The molecule has 0 radical (unpaired) electrons. The molecule has 0 atom stereocenters. The molecule has 0 saturated carbocycles. The number of aldehydes is 1. The van der Waals surface area contributed by atoms with E-state index < -0.39 is 0 Å². The Bertz CT molecular complexity index is 286. The van der Waals surface area contributed by atoms with Crippen LogP contribution in [-0.2, 0) is 0 Å². The van der Waals surface area contributed by atoms with Gasteiger partial charge in [0.05, 0.1) is 5.69 Å². The monoisotopic (exact) mass is 227 g/mol. The fourth-order valence-electron chi connectivity index (χ4n) is 1.00. The van der Waals surface area contributed by atoms with E-state index in [0.717, 1.165) is 23.0 Å². The number of anilines is 1. The van der Waals surface area contributed by atoms with E-state index in [-0.39, 0.29) is 0 Å². The maximum absolute atomic E-state index is 10.6. The molecule has 0 aliphatic heterocycles. The first kappa shape index (κ1) is 9.26. The number of hydrogen-bond acceptors (Lipinski definition) is 2. The van der Waals surface area contributed by atoms with Crippen LogP contribution in [0.15, 0.2) is 22.7 Å². The fourth-order valence-corrected chi connectivity index (χ4v) is 1.52. The van der Waals surface area contributed by atoms with Gasteiger partial charge in [-0.2, -0.15) is 0 Å². The number of halogens is 1. The Balaban J connectivity index is 3.10. The van der Waals surface area contributed by atoms with Gasteiger partial charge in [-0.05, 0) is 35.0 Å². The molecule has 1 rings (SSSR count). The zero-order chi connectivity index (χ0) is 8.97. The molecule has 0 saturated heterocycles. The summed E-state index contributed by atoms with van der Waals surface area (Å²) in [6.45, 7) is 2.80. The molecule has 0 bridgehead atoms. The molecule has 3 heteroatoms. The van der Waals surface area contributed by atoms with Gasteiger partial charge in [-0.15, -0.1) is 0 Å². The Labute approximate surface area is 80.1 Å². The lowest BCUT2D eigenvalue weighted by molar-refractivity contribution is 0.112. The Morgan fingerprint density at radius 2 is 2.33 bits per heavy atom. The standard InChI is InChI=1S/C9H10BrNO/c1-2-11-9-7(6-12)4-3-5-8(9)10/h3-6,11H,2H2,1H3. The highest BCUT2D eigenvalue weighted by atomic mass is 79.9. The Morgan fingerprint density at radius 1 is 1.58 bits per heavy atom. The van der Waals surface area contributed by atoms with Gasteiger partial charge in [0.15, 0.2) is 6.29 Å². The van der Waals surface area contributed by atoms with E-state index in [0.29, 0.717) is 5.56 Å². The Kier molecular flexibility index (Phi) is 3.29. The predicted octanol–water partition coefficient (Wildman–Crippen LogP) is 2.69. The first-order valence-electron chi connectivity index (χ1n) is 3.77. The molecule has 0 aliphatic rings. The summed E-state index contributed by atoms with van der Waals surface area (Å²) in [6.07, 6.45) is 0.850. The van der Waals surface area contributed by atoms with Crippen molar-refractivity contribution in [3.8, 4) is 0 Å². The zero-order valence-corrected chi connectivity index (χ0v) is 8.39. The zero-order valence-electron chi connectivity index (χ0n) is 6.80. The van der Waals surface area contributed by atoms with Crippen LogP contribution in [0.5, 0.6) is 0 Å². The summed E-state index contributed by atoms with van der Waals surface area (Å²) in [6, 6.07) is 5.54. The fraction of sp³-hybridized carbons (Fsp3) is 0.222. The summed E-state index contributed by atoms with van der Waals surface area (Å²) >= 11 is 3.37. The molecule has 0 aliphatic carbocycles. The van der Waals surface area contributed by atoms with E-state index in [9.17, 15) is 4.79 Å². The van der Waals surface area contributed by atoms with E-state index in [2.05, 4.69) is 21.2 Å². The van der Waals surface area contributed by atoms with Crippen LogP contribution in [0.3, 0.4) is 0 Å². The third-order valence-corrected chi connectivity index (χ3v) is 2.19. The summed E-state index contributed by atoms with van der Waals surface area (Å²) in [5.74, 6) is 0. The molecule has 0 unspecified atom stereocenters. The number of hydrogen-bond donors (Lipinski definition) is 1.